The lowest BCUT2D eigenvalue weighted by atomic mass is 9.92. The van der Waals surface area contributed by atoms with E-state index in [4.69, 9.17) is 18.9 Å². The van der Waals surface area contributed by atoms with E-state index in [1.54, 1.807) is 48.5 Å². The number of fused-ring (bicyclic) bond motifs is 2. The van der Waals surface area contributed by atoms with Gasteiger partial charge in [0.15, 0.2) is 13.2 Å². The van der Waals surface area contributed by atoms with E-state index in [1.165, 1.54) is 0 Å². The molecule has 6 rings (SSSR count). The topological polar surface area (TPSA) is 71.1 Å². The molecule has 0 heterocycles. The number of esters is 2. The second-order valence-electron chi connectivity index (χ2n) is 9.47. The van der Waals surface area contributed by atoms with Crippen molar-refractivity contribution in [2.24, 2.45) is 0 Å². The molecule has 42 heavy (non-hydrogen) atoms. The van der Waals surface area contributed by atoms with Crippen LogP contribution in [0.5, 0.6) is 23.0 Å². The summed E-state index contributed by atoms with van der Waals surface area (Å²) in [5.74, 6) is 0.782. The molecule has 6 nitrogen and oxygen atoms in total. The molecule has 0 unspecified atom stereocenters. The summed E-state index contributed by atoms with van der Waals surface area (Å²) in [6.07, 6.45) is 0. The van der Waals surface area contributed by atoms with Crippen LogP contribution in [0.3, 0.4) is 0 Å². The third-order valence-corrected chi connectivity index (χ3v) is 6.67. The Morgan fingerprint density at radius 2 is 0.810 bits per heavy atom. The predicted octanol–water partition coefficient (Wildman–Crippen LogP) is 7.63. The van der Waals surface area contributed by atoms with E-state index in [9.17, 15) is 9.59 Å². The van der Waals surface area contributed by atoms with Crippen LogP contribution in [0.2, 0.25) is 0 Å². The molecule has 0 aliphatic heterocycles. The van der Waals surface area contributed by atoms with E-state index >= 15 is 0 Å². The molecular weight excluding hydrogens is 528 g/mol. The van der Waals surface area contributed by atoms with Crippen molar-refractivity contribution in [3.8, 4) is 34.1 Å². The number of carbonyl (C=O) groups is 2. The number of benzene rings is 6. The van der Waals surface area contributed by atoms with Gasteiger partial charge in [0.2, 0.25) is 0 Å². The maximum atomic E-state index is 12.7. The minimum absolute atomic E-state index is 0.301. The monoisotopic (exact) mass is 554 g/mol. The lowest BCUT2D eigenvalue weighted by Crippen LogP contribution is -2.18. The van der Waals surface area contributed by atoms with Gasteiger partial charge < -0.3 is 18.9 Å². The average molecular weight is 555 g/mol. The van der Waals surface area contributed by atoms with Gasteiger partial charge in [0.05, 0.1) is 0 Å². The van der Waals surface area contributed by atoms with Gasteiger partial charge in [-0.3, -0.25) is 0 Å². The van der Waals surface area contributed by atoms with Crippen LogP contribution in [-0.4, -0.2) is 25.2 Å². The molecule has 0 aromatic heterocycles. The molecule has 0 N–H and O–H groups in total. The van der Waals surface area contributed by atoms with Crippen LogP contribution in [0.15, 0.2) is 133 Å². The highest BCUT2D eigenvalue weighted by atomic mass is 16.6. The van der Waals surface area contributed by atoms with Crippen LogP contribution in [0.25, 0.3) is 32.7 Å². The van der Waals surface area contributed by atoms with Crippen molar-refractivity contribution in [2.45, 2.75) is 0 Å². The maximum absolute atomic E-state index is 12.7. The van der Waals surface area contributed by atoms with Gasteiger partial charge in [-0.05, 0) is 57.9 Å². The van der Waals surface area contributed by atoms with Crippen molar-refractivity contribution in [1.29, 1.82) is 0 Å². The molecule has 0 aliphatic rings. The zero-order chi connectivity index (χ0) is 28.7. The SMILES string of the molecule is O=C(COc1ccc2ccccc2c1-c1c(OCC(=O)Oc2ccccc2)ccc2ccccc12)Oc1ccccc1. The average Bonchev–Trinajstić information content (AvgIpc) is 3.03. The number of hydrogen-bond acceptors (Lipinski definition) is 6. The standard InChI is InChI=1S/C36H26O6/c37-33(41-27-13-3-1-4-14-27)23-39-31-21-19-25-11-7-9-17-29(25)35(31)36-30-18-10-8-12-26(30)20-22-32(36)40-24-34(38)42-28-15-5-2-6-16-28/h1-22H,23-24H2. The largest absolute Gasteiger partial charge is 0.481 e. The summed E-state index contributed by atoms with van der Waals surface area (Å²) in [7, 11) is 0. The van der Waals surface area contributed by atoms with Gasteiger partial charge in [0.1, 0.15) is 23.0 Å². The highest BCUT2D eigenvalue weighted by Crippen LogP contribution is 2.45. The Labute approximate surface area is 242 Å². The van der Waals surface area contributed by atoms with Crippen molar-refractivity contribution in [2.75, 3.05) is 13.2 Å². The summed E-state index contributed by atoms with van der Waals surface area (Å²) in [6.45, 7) is -0.602. The fourth-order valence-corrected chi connectivity index (χ4v) is 4.83. The number of para-hydroxylation sites is 2. The first-order valence-corrected chi connectivity index (χ1v) is 13.5. The second kappa shape index (κ2) is 12.3. The lowest BCUT2D eigenvalue weighted by molar-refractivity contribution is -0.137. The molecule has 0 saturated carbocycles. The fourth-order valence-electron chi connectivity index (χ4n) is 4.83. The van der Waals surface area contributed by atoms with E-state index in [1.807, 2.05) is 84.9 Å². The van der Waals surface area contributed by atoms with Gasteiger partial charge in [-0.25, -0.2) is 9.59 Å². The molecule has 0 aliphatic carbocycles. The van der Waals surface area contributed by atoms with Crippen molar-refractivity contribution in [3.05, 3.63) is 133 Å². The predicted molar refractivity (Wildman–Crippen MR) is 162 cm³/mol. The van der Waals surface area contributed by atoms with Gasteiger partial charge in [-0.2, -0.15) is 0 Å². The Balaban J connectivity index is 1.38. The van der Waals surface area contributed by atoms with Crippen LogP contribution in [0, 0.1) is 0 Å². The molecule has 0 bridgehead atoms. The van der Waals surface area contributed by atoms with Crippen LogP contribution >= 0.6 is 0 Å². The molecule has 6 aromatic rings. The van der Waals surface area contributed by atoms with Crippen molar-refractivity contribution < 1.29 is 28.5 Å². The van der Waals surface area contributed by atoms with Crippen LogP contribution in [0.1, 0.15) is 0 Å². The first-order chi connectivity index (χ1) is 20.7. The quantitative estimate of drug-likeness (QED) is 0.135. The minimum atomic E-state index is -0.529. The summed E-state index contributed by atoms with van der Waals surface area (Å²) in [5.41, 5.74) is 1.48. The number of carbonyl (C=O) groups excluding carboxylic acids is 2. The number of hydrogen-bond donors (Lipinski definition) is 0. The van der Waals surface area contributed by atoms with E-state index in [0.29, 0.717) is 23.0 Å². The van der Waals surface area contributed by atoms with E-state index in [0.717, 1.165) is 32.7 Å². The first-order valence-electron chi connectivity index (χ1n) is 13.5. The normalized spacial score (nSPS) is 10.8. The Kier molecular flexibility index (Phi) is 7.77. The van der Waals surface area contributed by atoms with Crippen LogP contribution in [0.4, 0.5) is 0 Å². The van der Waals surface area contributed by atoms with Crippen LogP contribution < -0.4 is 18.9 Å². The highest BCUT2D eigenvalue weighted by Gasteiger charge is 2.21. The Morgan fingerprint density at radius 3 is 1.24 bits per heavy atom. The number of rotatable bonds is 9. The van der Waals surface area contributed by atoms with Crippen molar-refractivity contribution in [1.82, 2.24) is 0 Å². The number of ether oxygens (including phenoxy) is 4. The summed E-state index contributed by atoms with van der Waals surface area (Å²) in [5, 5.41) is 3.77. The van der Waals surface area contributed by atoms with Gasteiger partial charge in [-0.1, -0.05) is 97.1 Å². The zero-order valence-electron chi connectivity index (χ0n) is 22.6. The molecular formula is C36H26O6. The summed E-state index contributed by atoms with van der Waals surface area (Å²) < 4.78 is 23.1. The zero-order valence-corrected chi connectivity index (χ0v) is 22.6. The fraction of sp³-hybridized carbons (Fsp3) is 0.0556. The summed E-state index contributed by atoms with van der Waals surface area (Å²) >= 11 is 0. The maximum Gasteiger partial charge on any atom is 0.349 e. The van der Waals surface area contributed by atoms with Crippen molar-refractivity contribution >= 4 is 33.5 Å². The van der Waals surface area contributed by atoms with Crippen LogP contribution in [-0.2, 0) is 9.59 Å². The van der Waals surface area contributed by atoms with Crippen molar-refractivity contribution in [3.63, 3.8) is 0 Å². The molecule has 6 aromatic carbocycles. The highest BCUT2D eigenvalue weighted by molar-refractivity contribution is 6.09. The third-order valence-electron chi connectivity index (χ3n) is 6.67. The Morgan fingerprint density at radius 1 is 0.429 bits per heavy atom. The first kappa shape index (κ1) is 26.6. The molecule has 0 fully saturated rings. The third kappa shape index (κ3) is 5.93. The minimum Gasteiger partial charge on any atom is -0.481 e. The van der Waals surface area contributed by atoms with E-state index in [-0.39, 0.29) is 13.2 Å². The molecule has 0 amide bonds. The summed E-state index contributed by atoms with van der Waals surface area (Å²) in [4.78, 5) is 25.4. The van der Waals surface area contributed by atoms with E-state index in [2.05, 4.69) is 0 Å². The van der Waals surface area contributed by atoms with Gasteiger partial charge in [0, 0.05) is 11.1 Å². The molecule has 206 valence electrons. The lowest BCUT2D eigenvalue weighted by Gasteiger charge is -2.19. The van der Waals surface area contributed by atoms with Gasteiger partial charge in [-0.15, -0.1) is 0 Å². The molecule has 0 spiro atoms. The van der Waals surface area contributed by atoms with E-state index < -0.39 is 11.9 Å². The second-order valence-corrected chi connectivity index (χ2v) is 9.47. The molecule has 0 radical (unpaired) electrons. The molecule has 0 saturated heterocycles. The van der Waals surface area contributed by atoms with Gasteiger partial charge in [0.25, 0.3) is 0 Å². The summed E-state index contributed by atoms with van der Waals surface area (Å²) in [6, 6.07) is 41.1. The van der Waals surface area contributed by atoms with Gasteiger partial charge >= 0.3 is 11.9 Å². The Bertz CT molecular complexity index is 1730. The Hall–Kier alpha value is -5.62. The smallest absolute Gasteiger partial charge is 0.349 e. The molecule has 0 atom stereocenters. The molecule has 6 heteroatoms.